The minimum Gasteiger partial charge on any atom is -0.267 e. The lowest BCUT2D eigenvalue weighted by Gasteiger charge is -2.03. The first-order valence-corrected chi connectivity index (χ1v) is 5.71. The number of hydrogen-bond acceptors (Lipinski definition) is 3. The van der Waals surface area contributed by atoms with Gasteiger partial charge in [0, 0.05) is 17.4 Å². The molecule has 2 aromatic rings. The predicted octanol–water partition coefficient (Wildman–Crippen LogP) is 1.88. The fourth-order valence-corrected chi connectivity index (χ4v) is 2.14. The van der Waals surface area contributed by atoms with Crippen LogP contribution in [0.1, 0.15) is 5.56 Å². The second-order valence-electron chi connectivity index (χ2n) is 3.11. The molecule has 1 heterocycles. The Bertz CT molecular complexity index is 581. The number of aryl methyl sites for hydroxylation is 1. The SMILES string of the molecule is Cn1nnc2cc(Cl)c(CBr)cc2c1=O. The molecular weight excluding hydrogens is 281 g/mol. The van der Waals surface area contributed by atoms with Crippen molar-refractivity contribution < 1.29 is 0 Å². The van der Waals surface area contributed by atoms with Gasteiger partial charge in [-0.3, -0.25) is 4.79 Å². The van der Waals surface area contributed by atoms with Gasteiger partial charge in [0.1, 0.15) is 5.52 Å². The van der Waals surface area contributed by atoms with Gasteiger partial charge in [0.05, 0.1) is 5.39 Å². The average Bonchev–Trinajstić information content (AvgIpc) is 2.23. The van der Waals surface area contributed by atoms with Gasteiger partial charge in [-0.1, -0.05) is 32.7 Å². The van der Waals surface area contributed by atoms with E-state index in [2.05, 4.69) is 26.2 Å². The number of halogens is 2. The molecule has 78 valence electrons. The summed E-state index contributed by atoms with van der Waals surface area (Å²) in [5, 5.41) is 9.30. The maximum absolute atomic E-state index is 11.7. The van der Waals surface area contributed by atoms with Crippen LogP contribution in [0.5, 0.6) is 0 Å². The van der Waals surface area contributed by atoms with Crippen LogP contribution in [-0.4, -0.2) is 15.0 Å². The van der Waals surface area contributed by atoms with Crippen molar-refractivity contribution in [2.24, 2.45) is 7.05 Å². The third-order valence-corrected chi connectivity index (χ3v) is 3.08. The molecule has 0 amide bonds. The molecule has 0 aliphatic rings. The highest BCUT2D eigenvalue weighted by Crippen LogP contribution is 2.22. The van der Waals surface area contributed by atoms with Crippen molar-refractivity contribution in [1.82, 2.24) is 15.0 Å². The van der Waals surface area contributed by atoms with Crippen LogP contribution in [0.4, 0.5) is 0 Å². The van der Waals surface area contributed by atoms with Crippen LogP contribution < -0.4 is 5.56 Å². The molecule has 0 atom stereocenters. The van der Waals surface area contributed by atoms with Crippen LogP contribution in [0, 0.1) is 0 Å². The average molecular weight is 289 g/mol. The Morgan fingerprint density at radius 3 is 2.93 bits per heavy atom. The van der Waals surface area contributed by atoms with Gasteiger partial charge in [-0.05, 0) is 17.7 Å². The summed E-state index contributed by atoms with van der Waals surface area (Å²) in [4.78, 5) is 11.7. The van der Waals surface area contributed by atoms with E-state index in [-0.39, 0.29) is 5.56 Å². The number of nitrogens with zero attached hydrogens (tertiary/aromatic N) is 3. The lowest BCUT2D eigenvalue weighted by molar-refractivity contribution is 0.656. The zero-order valence-electron chi connectivity index (χ0n) is 7.87. The summed E-state index contributed by atoms with van der Waals surface area (Å²) in [6.07, 6.45) is 0. The summed E-state index contributed by atoms with van der Waals surface area (Å²) in [7, 11) is 1.57. The fraction of sp³-hybridized carbons (Fsp3) is 0.222. The first-order chi connectivity index (χ1) is 7.13. The minimum atomic E-state index is -0.168. The Labute approximate surface area is 99.0 Å². The molecule has 2 rings (SSSR count). The molecule has 0 spiro atoms. The van der Waals surface area contributed by atoms with Crippen molar-refractivity contribution in [3.05, 3.63) is 33.1 Å². The first kappa shape index (κ1) is 10.6. The van der Waals surface area contributed by atoms with Crippen molar-refractivity contribution in [2.45, 2.75) is 5.33 Å². The van der Waals surface area contributed by atoms with Crippen molar-refractivity contribution >= 4 is 38.4 Å². The second-order valence-corrected chi connectivity index (χ2v) is 4.08. The van der Waals surface area contributed by atoms with Crippen LogP contribution in [0.2, 0.25) is 5.02 Å². The number of rotatable bonds is 1. The van der Waals surface area contributed by atoms with E-state index < -0.39 is 0 Å². The molecule has 0 bridgehead atoms. The number of fused-ring (bicyclic) bond motifs is 1. The van der Waals surface area contributed by atoms with Crippen molar-refractivity contribution in [3.63, 3.8) is 0 Å². The molecule has 15 heavy (non-hydrogen) atoms. The Morgan fingerprint density at radius 2 is 2.27 bits per heavy atom. The molecule has 0 radical (unpaired) electrons. The number of aromatic nitrogens is 3. The van der Waals surface area contributed by atoms with E-state index in [1.807, 2.05) is 0 Å². The predicted molar refractivity (Wildman–Crippen MR) is 62.4 cm³/mol. The van der Waals surface area contributed by atoms with Crippen LogP contribution in [0.3, 0.4) is 0 Å². The molecular formula is C9H7BrClN3O. The largest absolute Gasteiger partial charge is 0.277 e. The molecule has 0 aliphatic carbocycles. The van der Waals surface area contributed by atoms with Gasteiger partial charge in [0.2, 0.25) is 0 Å². The van der Waals surface area contributed by atoms with Gasteiger partial charge in [-0.25, -0.2) is 4.68 Å². The summed E-state index contributed by atoms with van der Waals surface area (Å²) >= 11 is 9.30. The van der Waals surface area contributed by atoms with Crippen molar-refractivity contribution in [2.75, 3.05) is 0 Å². The van der Waals surface area contributed by atoms with Crippen molar-refractivity contribution in [1.29, 1.82) is 0 Å². The zero-order valence-corrected chi connectivity index (χ0v) is 10.2. The summed E-state index contributed by atoms with van der Waals surface area (Å²) in [6.45, 7) is 0. The Hall–Kier alpha value is -0.940. The second kappa shape index (κ2) is 3.90. The number of alkyl halides is 1. The molecule has 4 nitrogen and oxygen atoms in total. The molecule has 1 aromatic carbocycles. The molecule has 0 aliphatic heterocycles. The molecule has 1 aromatic heterocycles. The Kier molecular flexibility index (Phi) is 2.75. The maximum Gasteiger partial charge on any atom is 0.277 e. The standard InChI is InChI=1S/C9H7BrClN3O/c1-14-9(15)6-2-5(4-10)7(11)3-8(6)12-13-14/h2-3H,4H2,1H3. The third kappa shape index (κ3) is 1.77. The van der Waals surface area contributed by atoms with Gasteiger partial charge in [0.25, 0.3) is 5.56 Å². The monoisotopic (exact) mass is 287 g/mol. The molecule has 0 fully saturated rings. The Morgan fingerprint density at radius 1 is 1.53 bits per heavy atom. The molecule has 0 saturated carbocycles. The minimum absolute atomic E-state index is 0.168. The van der Waals surface area contributed by atoms with Crippen molar-refractivity contribution in [3.8, 4) is 0 Å². The number of benzene rings is 1. The van der Waals surface area contributed by atoms with E-state index in [0.717, 1.165) is 5.56 Å². The fourth-order valence-electron chi connectivity index (χ4n) is 1.29. The van der Waals surface area contributed by atoms with Crippen LogP contribution in [-0.2, 0) is 12.4 Å². The van der Waals surface area contributed by atoms with Crippen LogP contribution >= 0.6 is 27.5 Å². The van der Waals surface area contributed by atoms with E-state index >= 15 is 0 Å². The van der Waals surface area contributed by atoms with E-state index in [9.17, 15) is 4.79 Å². The molecule has 0 N–H and O–H groups in total. The molecule has 6 heteroatoms. The van der Waals surface area contributed by atoms with E-state index in [4.69, 9.17) is 11.6 Å². The van der Waals surface area contributed by atoms with Crippen LogP contribution in [0.15, 0.2) is 16.9 Å². The zero-order chi connectivity index (χ0) is 11.0. The van der Waals surface area contributed by atoms with Gasteiger partial charge >= 0.3 is 0 Å². The summed E-state index contributed by atoms with van der Waals surface area (Å²) in [5.74, 6) is 0. The summed E-state index contributed by atoms with van der Waals surface area (Å²) in [5.41, 5.74) is 1.22. The molecule has 0 unspecified atom stereocenters. The summed E-state index contributed by atoms with van der Waals surface area (Å²) < 4.78 is 1.20. The highest BCUT2D eigenvalue weighted by molar-refractivity contribution is 9.08. The quantitative estimate of drug-likeness (QED) is 0.753. The summed E-state index contributed by atoms with van der Waals surface area (Å²) in [6, 6.07) is 3.39. The van der Waals surface area contributed by atoms with E-state index in [0.29, 0.717) is 21.3 Å². The van der Waals surface area contributed by atoms with Gasteiger partial charge < -0.3 is 0 Å². The highest BCUT2D eigenvalue weighted by atomic mass is 79.9. The molecule has 0 saturated heterocycles. The maximum atomic E-state index is 11.7. The highest BCUT2D eigenvalue weighted by Gasteiger charge is 2.07. The topological polar surface area (TPSA) is 47.8 Å². The van der Waals surface area contributed by atoms with Gasteiger partial charge in [0.15, 0.2) is 0 Å². The third-order valence-electron chi connectivity index (χ3n) is 2.12. The smallest absolute Gasteiger partial charge is 0.267 e. The lowest BCUT2D eigenvalue weighted by Crippen LogP contribution is -2.20. The normalized spacial score (nSPS) is 10.9. The van der Waals surface area contributed by atoms with Gasteiger partial charge in [-0.15, -0.1) is 5.10 Å². The van der Waals surface area contributed by atoms with E-state index in [1.54, 1.807) is 19.2 Å². The van der Waals surface area contributed by atoms with E-state index in [1.165, 1.54) is 4.68 Å². The number of hydrogen-bond donors (Lipinski definition) is 0. The Balaban J connectivity index is 2.89. The van der Waals surface area contributed by atoms with Gasteiger partial charge in [-0.2, -0.15) is 0 Å². The first-order valence-electron chi connectivity index (χ1n) is 4.21. The van der Waals surface area contributed by atoms with Crippen LogP contribution in [0.25, 0.3) is 10.9 Å². The lowest BCUT2D eigenvalue weighted by atomic mass is 10.2.